The molecule has 1 aliphatic carbocycles. The second-order valence-corrected chi connectivity index (χ2v) is 5.76. The van der Waals surface area contributed by atoms with Gasteiger partial charge in [-0.2, -0.15) is 5.10 Å². The van der Waals surface area contributed by atoms with E-state index in [0.717, 1.165) is 5.52 Å². The molecular weight excluding hydrogens is 520 g/mol. The quantitative estimate of drug-likeness (QED) is 0.502. The average molecular weight is 530 g/mol. The summed E-state index contributed by atoms with van der Waals surface area (Å²) in [6.07, 6.45) is 2.53. The van der Waals surface area contributed by atoms with Gasteiger partial charge in [0.15, 0.2) is 0 Å². The Balaban J connectivity index is 0.00000182. The number of fused-ring (bicyclic) bond motifs is 1. The zero-order valence-electron chi connectivity index (χ0n) is 12.6. The van der Waals surface area contributed by atoms with Crippen molar-refractivity contribution in [1.29, 1.82) is 0 Å². The van der Waals surface area contributed by atoms with Crippen molar-refractivity contribution in [2.24, 2.45) is 0 Å². The number of halogens is 3. The monoisotopic (exact) mass is 530 g/mol. The number of nitrogens with one attached hydrogen (secondary N) is 1. The van der Waals surface area contributed by atoms with Gasteiger partial charge >= 0.3 is 0 Å². The van der Waals surface area contributed by atoms with Crippen LogP contribution in [0.2, 0.25) is 0 Å². The van der Waals surface area contributed by atoms with E-state index in [1.165, 1.54) is 6.08 Å². The molecule has 1 aliphatic rings. The largest absolute Gasteiger partial charge is 0.341 e. The van der Waals surface area contributed by atoms with Crippen molar-refractivity contribution < 1.29 is 29.2 Å². The van der Waals surface area contributed by atoms with Gasteiger partial charge in [-0.15, -0.1) is 0 Å². The molecule has 0 saturated heterocycles. The van der Waals surface area contributed by atoms with Gasteiger partial charge in [0.2, 0.25) is 0 Å². The molecule has 1 N–H and O–H groups in total. The van der Waals surface area contributed by atoms with Gasteiger partial charge in [-0.25, -0.2) is 20.9 Å². The molecule has 8 heteroatoms. The molecule has 1 radical (unpaired) electrons. The van der Waals surface area contributed by atoms with Crippen LogP contribution in [0.25, 0.3) is 27.9 Å². The van der Waals surface area contributed by atoms with Crippen LogP contribution >= 0.6 is 11.6 Å². The normalized spacial score (nSPS) is 17.4. The van der Waals surface area contributed by atoms with E-state index in [1.807, 2.05) is 6.07 Å². The fraction of sp³-hybridized carbons (Fsp3) is 0.118. The Labute approximate surface area is 160 Å². The molecule has 25 heavy (non-hydrogen) atoms. The molecule has 1 unspecified atom stereocenters. The van der Waals surface area contributed by atoms with Gasteiger partial charge in [-0.05, 0) is 12.1 Å². The Kier molecular flexibility index (Phi) is 5.09. The Morgan fingerprint density at radius 2 is 2.12 bits per heavy atom. The van der Waals surface area contributed by atoms with E-state index in [0.29, 0.717) is 22.5 Å². The number of rotatable bonds is 2. The van der Waals surface area contributed by atoms with Gasteiger partial charge in [0.25, 0.3) is 0 Å². The molecule has 3 aromatic rings. The van der Waals surface area contributed by atoms with Crippen LogP contribution in [0.15, 0.2) is 47.5 Å². The van der Waals surface area contributed by atoms with Crippen LogP contribution in [0.1, 0.15) is 12.1 Å². The Morgan fingerprint density at radius 1 is 1.28 bits per heavy atom. The number of hydrogen-bond acceptors (Lipinski definition) is 3. The van der Waals surface area contributed by atoms with E-state index in [2.05, 4.69) is 26.2 Å². The molecule has 1 atom stereocenters. The number of hydrogen-bond donors (Lipinski definition) is 1. The number of aromatic nitrogens is 4. The molecule has 0 saturated carbocycles. The summed E-state index contributed by atoms with van der Waals surface area (Å²) in [6, 6.07) is 8.18. The van der Waals surface area contributed by atoms with Crippen molar-refractivity contribution in [2.75, 3.05) is 0 Å². The number of allylic oxidation sites excluding steroid dienone is 4. The van der Waals surface area contributed by atoms with Gasteiger partial charge in [-0.1, -0.05) is 29.4 Å². The second kappa shape index (κ2) is 7.13. The Hall–Kier alpha value is -1.94. The molecule has 4 nitrogen and oxygen atoms in total. The summed E-state index contributed by atoms with van der Waals surface area (Å²) in [5.41, 5.74) is 3.31. The summed E-state index contributed by atoms with van der Waals surface area (Å²) in [5, 5.41) is 6.65. The molecule has 0 fully saturated rings. The van der Waals surface area contributed by atoms with Crippen LogP contribution in [0, 0.1) is 6.07 Å². The van der Waals surface area contributed by atoms with E-state index in [-0.39, 0.29) is 37.4 Å². The first-order valence-corrected chi connectivity index (χ1v) is 7.58. The molecular formula is C17H10ClF2N4Re-. The first-order chi connectivity index (χ1) is 11.6. The molecule has 0 aliphatic heterocycles. The SMILES string of the molecule is FC1=C(Cl)C=C(c2[nH]ncc2-c2ccc3nc[c-]cc3n2)C(F)C1.[Re]. The number of alkyl halides is 1. The fourth-order valence-corrected chi connectivity index (χ4v) is 2.85. The second-order valence-electron chi connectivity index (χ2n) is 5.35. The molecule has 4 rings (SSSR count). The number of nitrogens with zero attached hydrogens (tertiary/aromatic N) is 3. The van der Waals surface area contributed by atoms with Crippen molar-refractivity contribution in [1.82, 2.24) is 20.2 Å². The van der Waals surface area contributed by atoms with Crippen molar-refractivity contribution in [3.05, 3.63) is 59.3 Å². The minimum Gasteiger partial charge on any atom is -0.341 e. The van der Waals surface area contributed by atoms with Crippen LogP contribution < -0.4 is 0 Å². The fourth-order valence-electron chi connectivity index (χ4n) is 2.66. The first-order valence-electron chi connectivity index (χ1n) is 7.20. The number of pyridine rings is 2. The summed E-state index contributed by atoms with van der Waals surface area (Å²) >= 11 is 5.82. The number of H-pyrrole nitrogens is 1. The third kappa shape index (κ3) is 3.28. The maximum absolute atomic E-state index is 14.3. The molecule has 0 amide bonds. The predicted molar refractivity (Wildman–Crippen MR) is 87.4 cm³/mol. The molecule has 0 aromatic carbocycles. The molecule has 0 bridgehead atoms. The molecule has 0 spiro atoms. The van der Waals surface area contributed by atoms with E-state index >= 15 is 0 Å². The van der Waals surface area contributed by atoms with Crippen molar-refractivity contribution in [3.63, 3.8) is 0 Å². The Morgan fingerprint density at radius 3 is 2.96 bits per heavy atom. The van der Waals surface area contributed by atoms with Gasteiger partial charge in [0, 0.05) is 43.5 Å². The first kappa shape index (κ1) is 17.9. The number of aromatic amines is 1. The summed E-state index contributed by atoms with van der Waals surface area (Å²) in [4.78, 5) is 8.68. The van der Waals surface area contributed by atoms with Gasteiger partial charge in [0.1, 0.15) is 12.0 Å². The van der Waals surface area contributed by atoms with Crippen molar-refractivity contribution >= 4 is 28.2 Å². The summed E-state index contributed by atoms with van der Waals surface area (Å²) in [5.74, 6) is -0.653. The summed E-state index contributed by atoms with van der Waals surface area (Å²) in [6.45, 7) is 0. The third-order valence-electron chi connectivity index (χ3n) is 3.84. The molecule has 3 heterocycles. The van der Waals surface area contributed by atoms with Crippen LogP contribution in [0.5, 0.6) is 0 Å². The summed E-state index contributed by atoms with van der Waals surface area (Å²) in [7, 11) is 0. The van der Waals surface area contributed by atoms with Gasteiger partial charge < -0.3 is 4.98 Å². The average Bonchev–Trinajstić information content (AvgIpc) is 3.07. The maximum atomic E-state index is 14.3. The van der Waals surface area contributed by atoms with Gasteiger partial charge in [0.05, 0.1) is 22.6 Å². The van der Waals surface area contributed by atoms with Crippen LogP contribution in [-0.2, 0) is 20.4 Å². The molecule has 127 valence electrons. The standard InChI is InChI=1S/C17H10ClF2N4.Re/c18-11-6-9(12(19)7-13(11)20)17-10(8-22-24-17)14-3-4-15-16(23-14)2-1-5-21-15;/h2-6,8,12H,7H2,(H,22,24);/q-1;. The third-order valence-corrected chi connectivity index (χ3v) is 4.16. The van der Waals surface area contributed by atoms with Gasteiger partial charge in [-0.3, -0.25) is 10.1 Å². The van der Waals surface area contributed by atoms with E-state index < -0.39 is 12.0 Å². The van der Waals surface area contributed by atoms with Crippen LogP contribution in [0.3, 0.4) is 0 Å². The summed E-state index contributed by atoms with van der Waals surface area (Å²) < 4.78 is 27.8. The topological polar surface area (TPSA) is 54.5 Å². The van der Waals surface area contributed by atoms with Crippen LogP contribution in [0.4, 0.5) is 8.78 Å². The zero-order valence-corrected chi connectivity index (χ0v) is 16.1. The van der Waals surface area contributed by atoms with Crippen LogP contribution in [-0.4, -0.2) is 26.3 Å². The minimum atomic E-state index is -1.50. The van der Waals surface area contributed by atoms with E-state index in [4.69, 9.17) is 11.6 Å². The zero-order chi connectivity index (χ0) is 16.7. The Bertz CT molecular complexity index is 999. The molecule has 3 aromatic heterocycles. The smallest absolute Gasteiger partial charge is 0.134 e. The van der Waals surface area contributed by atoms with E-state index in [9.17, 15) is 8.78 Å². The van der Waals surface area contributed by atoms with Crippen molar-refractivity contribution in [3.8, 4) is 11.3 Å². The predicted octanol–water partition coefficient (Wildman–Crippen LogP) is 4.36. The van der Waals surface area contributed by atoms with E-state index in [1.54, 1.807) is 24.5 Å². The van der Waals surface area contributed by atoms with Crippen molar-refractivity contribution in [2.45, 2.75) is 12.6 Å². The maximum Gasteiger partial charge on any atom is 0.134 e. The minimum absolute atomic E-state index is 0.